The number of hydrogen-bond acceptors (Lipinski definition) is 3. The number of benzene rings is 3. The molecule has 1 amide bonds. The van der Waals surface area contributed by atoms with Crippen LogP contribution in [0.15, 0.2) is 72.8 Å². The minimum atomic E-state index is 0.0467. The molecule has 0 atom stereocenters. The predicted molar refractivity (Wildman–Crippen MR) is 138 cm³/mol. The van der Waals surface area contributed by atoms with Crippen molar-refractivity contribution in [3.05, 3.63) is 94.8 Å². The third kappa shape index (κ3) is 5.16. The van der Waals surface area contributed by atoms with Gasteiger partial charge in [0, 0.05) is 23.2 Å². The highest BCUT2D eigenvalue weighted by atomic mass is 35.5. The van der Waals surface area contributed by atoms with Crippen LogP contribution in [0.25, 0.3) is 11.0 Å². The van der Waals surface area contributed by atoms with Crippen molar-refractivity contribution in [3.8, 4) is 0 Å². The molecule has 0 radical (unpaired) electrons. The molecule has 1 saturated heterocycles. The maximum Gasteiger partial charge on any atom is 0.227 e. The van der Waals surface area contributed by atoms with Crippen LogP contribution >= 0.6 is 11.6 Å². The molecule has 1 aliphatic heterocycles. The molecule has 1 aliphatic rings. The summed E-state index contributed by atoms with van der Waals surface area (Å²) in [4.78, 5) is 20.1. The summed E-state index contributed by atoms with van der Waals surface area (Å²) in [5.41, 5.74) is 5.40. The molecule has 34 heavy (non-hydrogen) atoms. The van der Waals surface area contributed by atoms with Crippen molar-refractivity contribution in [2.75, 3.05) is 18.4 Å². The second-order valence-corrected chi connectivity index (χ2v) is 9.57. The molecule has 6 heteroatoms. The number of amides is 1. The maximum atomic E-state index is 12.8. The van der Waals surface area contributed by atoms with Crippen LogP contribution < -0.4 is 5.32 Å². The van der Waals surface area contributed by atoms with Crippen molar-refractivity contribution in [2.24, 2.45) is 5.92 Å². The summed E-state index contributed by atoms with van der Waals surface area (Å²) in [7, 11) is 0. The van der Waals surface area contributed by atoms with Crippen molar-refractivity contribution in [1.29, 1.82) is 0 Å². The van der Waals surface area contributed by atoms with Crippen LogP contribution in [0.3, 0.4) is 0 Å². The topological polar surface area (TPSA) is 50.2 Å². The van der Waals surface area contributed by atoms with Gasteiger partial charge in [0.1, 0.15) is 5.82 Å². The summed E-state index contributed by atoms with van der Waals surface area (Å²) in [5.74, 6) is 1.22. The summed E-state index contributed by atoms with van der Waals surface area (Å²) in [6.07, 6.45) is 1.71. The average molecular weight is 473 g/mol. The predicted octanol–water partition coefficient (Wildman–Crippen LogP) is 5.90. The summed E-state index contributed by atoms with van der Waals surface area (Å²) < 4.78 is 2.30. The fourth-order valence-electron chi connectivity index (χ4n) is 4.63. The number of halogens is 1. The first-order valence-corrected chi connectivity index (χ1v) is 12.2. The van der Waals surface area contributed by atoms with E-state index in [0.29, 0.717) is 0 Å². The zero-order chi connectivity index (χ0) is 23.5. The van der Waals surface area contributed by atoms with Gasteiger partial charge < -0.3 is 9.88 Å². The fraction of sp³-hybridized carbons (Fsp3) is 0.286. The number of piperidine rings is 1. The zero-order valence-electron chi connectivity index (χ0n) is 19.4. The van der Waals surface area contributed by atoms with E-state index in [9.17, 15) is 4.79 Å². The molecule has 0 unspecified atom stereocenters. The highest BCUT2D eigenvalue weighted by molar-refractivity contribution is 6.30. The van der Waals surface area contributed by atoms with Crippen molar-refractivity contribution in [2.45, 2.75) is 32.9 Å². The van der Waals surface area contributed by atoms with Gasteiger partial charge in [-0.1, -0.05) is 53.6 Å². The molecule has 3 aromatic carbocycles. The van der Waals surface area contributed by atoms with E-state index >= 15 is 0 Å². The number of anilines is 1. The van der Waals surface area contributed by atoms with E-state index in [1.165, 1.54) is 11.1 Å². The molecular weight excluding hydrogens is 444 g/mol. The van der Waals surface area contributed by atoms with E-state index in [1.54, 1.807) is 0 Å². The van der Waals surface area contributed by atoms with Gasteiger partial charge in [0.2, 0.25) is 5.91 Å². The van der Waals surface area contributed by atoms with Gasteiger partial charge in [-0.05, 0) is 74.8 Å². The number of likely N-dealkylation sites (tertiary alicyclic amines) is 1. The highest BCUT2D eigenvalue weighted by Gasteiger charge is 2.26. The number of nitrogens with zero attached hydrogens (tertiary/aromatic N) is 3. The Morgan fingerprint density at radius 3 is 2.41 bits per heavy atom. The molecule has 5 nitrogen and oxygen atoms in total. The lowest BCUT2D eigenvalue weighted by atomic mass is 9.95. The summed E-state index contributed by atoms with van der Waals surface area (Å²) in [5, 5.41) is 3.82. The van der Waals surface area contributed by atoms with Crippen molar-refractivity contribution >= 4 is 34.2 Å². The Kier molecular flexibility index (Phi) is 6.66. The third-order valence-electron chi connectivity index (χ3n) is 6.63. The Bertz CT molecular complexity index is 1270. The second kappa shape index (κ2) is 10.00. The van der Waals surface area contributed by atoms with Gasteiger partial charge in [-0.25, -0.2) is 4.98 Å². The Hall–Kier alpha value is -3.15. The van der Waals surface area contributed by atoms with Crippen LogP contribution in [-0.4, -0.2) is 33.4 Å². The Morgan fingerprint density at radius 2 is 1.68 bits per heavy atom. The second-order valence-electron chi connectivity index (χ2n) is 9.14. The number of hydrogen-bond donors (Lipinski definition) is 1. The first-order valence-electron chi connectivity index (χ1n) is 11.8. The molecule has 0 bridgehead atoms. The molecule has 1 N–H and O–H groups in total. The first kappa shape index (κ1) is 22.6. The Morgan fingerprint density at radius 1 is 0.971 bits per heavy atom. The summed E-state index contributed by atoms with van der Waals surface area (Å²) >= 11 is 6.08. The van der Waals surface area contributed by atoms with Gasteiger partial charge in [-0.2, -0.15) is 0 Å². The molecule has 0 saturated carbocycles. The summed E-state index contributed by atoms with van der Waals surface area (Å²) in [6, 6.07) is 24.3. The molecule has 5 rings (SSSR count). The number of fused-ring (bicyclic) bond motifs is 1. The number of aromatic nitrogens is 2. The van der Waals surface area contributed by atoms with Gasteiger partial charge in [-0.3, -0.25) is 9.69 Å². The SMILES string of the molecule is Cc1ccc(NC(=O)C2CCN(Cc3nc4ccccc4n3Cc3ccc(Cl)cc3)CC2)cc1. The number of carbonyl (C=O) groups excluding carboxylic acids is 1. The Labute approximate surface area is 205 Å². The highest BCUT2D eigenvalue weighted by Crippen LogP contribution is 2.24. The number of nitrogens with one attached hydrogen (secondary N) is 1. The number of para-hydroxylation sites is 2. The van der Waals surface area contributed by atoms with Crippen LogP contribution in [0, 0.1) is 12.8 Å². The van der Waals surface area contributed by atoms with E-state index < -0.39 is 0 Å². The average Bonchev–Trinajstić information content (AvgIpc) is 3.19. The van der Waals surface area contributed by atoms with Crippen LogP contribution in [0.1, 0.15) is 29.8 Å². The maximum absolute atomic E-state index is 12.8. The molecule has 1 fully saturated rings. The number of aryl methyl sites for hydroxylation is 1. The fourth-order valence-corrected chi connectivity index (χ4v) is 4.76. The summed E-state index contributed by atoms with van der Waals surface area (Å²) in [6.45, 7) is 5.34. The van der Waals surface area contributed by atoms with Gasteiger partial charge in [0.15, 0.2) is 0 Å². The molecule has 4 aromatic rings. The Balaban J connectivity index is 1.25. The molecule has 0 spiro atoms. The lowest BCUT2D eigenvalue weighted by Gasteiger charge is -2.31. The van der Waals surface area contributed by atoms with E-state index in [1.807, 2.05) is 49.4 Å². The normalized spacial score (nSPS) is 15.0. The van der Waals surface area contributed by atoms with Crippen LogP contribution in [0.4, 0.5) is 5.69 Å². The smallest absolute Gasteiger partial charge is 0.227 e. The van der Waals surface area contributed by atoms with E-state index in [2.05, 4.69) is 45.1 Å². The number of carbonyl (C=O) groups is 1. The van der Waals surface area contributed by atoms with Crippen molar-refractivity contribution in [1.82, 2.24) is 14.5 Å². The largest absolute Gasteiger partial charge is 0.326 e. The number of rotatable bonds is 6. The standard InChI is InChI=1S/C28H29ClN4O/c1-20-6-12-24(13-7-20)30-28(34)22-14-16-32(17-15-22)19-27-31-25-4-2-3-5-26(25)33(27)18-21-8-10-23(29)11-9-21/h2-13,22H,14-19H2,1H3,(H,30,34). The zero-order valence-corrected chi connectivity index (χ0v) is 20.1. The molecular formula is C28H29ClN4O. The molecule has 174 valence electrons. The minimum Gasteiger partial charge on any atom is -0.326 e. The van der Waals surface area contributed by atoms with Crippen molar-refractivity contribution in [3.63, 3.8) is 0 Å². The molecule has 2 heterocycles. The minimum absolute atomic E-state index is 0.0467. The van der Waals surface area contributed by atoms with E-state index in [4.69, 9.17) is 16.6 Å². The third-order valence-corrected chi connectivity index (χ3v) is 6.88. The van der Waals surface area contributed by atoms with E-state index in [-0.39, 0.29) is 11.8 Å². The van der Waals surface area contributed by atoms with Gasteiger partial charge in [0.05, 0.1) is 17.6 Å². The lowest BCUT2D eigenvalue weighted by Crippen LogP contribution is -2.38. The van der Waals surface area contributed by atoms with Gasteiger partial charge in [0.25, 0.3) is 0 Å². The first-order chi connectivity index (χ1) is 16.5. The van der Waals surface area contributed by atoms with Crippen LogP contribution in [0.5, 0.6) is 0 Å². The van der Waals surface area contributed by atoms with Gasteiger partial charge >= 0.3 is 0 Å². The number of imidazole rings is 1. The van der Waals surface area contributed by atoms with Crippen LogP contribution in [0.2, 0.25) is 5.02 Å². The van der Waals surface area contributed by atoms with E-state index in [0.717, 1.165) is 66.6 Å². The quantitative estimate of drug-likeness (QED) is 0.380. The monoisotopic (exact) mass is 472 g/mol. The van der Waals surface area contributed by atoms with Crippen LogP contribution in [-0.2, 0) is 17.9 Å². The van der Waals surface area contributed by atoms with Crippen molar-refractivity contribution < 1.29 is 4.79 Å². The molecule has 1 aromatic heterocycles. The molecule has 0 aliphatic carbocycles. The van der Waals surface area contributed by atoms with Gasteiger partial charge in [-0.15, -0.1) is 0 Å². The lowest BCUT2D eigenvalue weighted by molar-refractivity contribution is -0.121.